The van der Waals surface area contributed by atoms with Gasteiger partial charge in [-0.05, 0) is 26.0 Å². The number of amides is 2. The minimum atomic E-state index is -5.19. The summed E-state index contributed by atoms with van der Waals surface area (Å²) in [5.74, 6) is -6.12. The maximum absolute atomic E-state index is 13.1. The van der Waals surface area contributed by atoms with Gasteiger partial charge >= 0.3 is 18.3 Å². The average Bonchev–Trinajstić information content (AvgIpc) is 3.68. The quantitative estimate of drug-likeness (QED) is 0.0168. The molecule has 0 radical (unpaired) electrons. The molecule has 77 heavy (non-hydrogen) atoms. The maximum Gasteiger partial charge on any atom is 0.490 e. The van der Waals surface area contributed by atoms with Crippen molar-refractivity contribution in [3.05, 3.63) is 40.4 Å². The van der Waals surface area contributed by atoms with Gasteiger partial charge in [0.15, 0.2) is 33.5 Å². The smallest absolute Gasteiger partial charge is 0.490 e. The van der Waals surface area contributed by atoms with E-state index >= 15 is 0 Å². The van der Waals surface area contributed by atoms with E-state index in [0.29, 0.717) is 18.7 Å². The Hall–Kier alpha value is -5.44. The number of nitrogen functional groups attached to an aromatic ring is 2. The van der Waals surface area contributed by atoms with Crippen molar-refractivity contribution in [3.63, 3.8) is 0 Å². The van der Waals surface area contributed by atoms with Crippen molar-refractivity contribution < 1.29 is 126 Å². The number of fused-ring (bicyclic) bond motifs is 1. The largest absolute Gasteiger partial charge is 0.542 e. The number of alkyl halides is 6. The molecule has 17 N–H and O–H groups in total. The highest BCUT2D eigenvalue weighted by molar-refractivity contribution is 6.31. The molecule has 0 spiro atoms. The van der Waals surface area contributed by atoms with Gasteiger partial charge in [-0.2, -0.15) is 26.3 Å². The highest BCUT2D eigenvalue weighted by atomic mass is 35.5. The number of aromatic nitrogens is 4. The van der Waals surface area contributed by atoms with Crippen LogP contribution in [0.2, 0.25) is 5.15 Å². The number of aryl methyl sites for hydroxylation is 2. The molecule has 0 bridgehead atoms. The second kappa shape index (κ2) is 33.8. The zero-order chi connectivity index (χ0) is 59.0. The van der Waals surface area contributed by atoms with E-state index in [1.807, 2.05) is 29.0 Å². The Kier molecular flexibility index (Phi) is 30.5. The lowest BCUT2D eigenvalue weighted by Crippen LogP contribution is -2.53. The molecule has 0 aliphatic heterocycles. The summed E-state index contributed by atoms with van der Waals surface area (Å²) < 4.78 is 83.9. The molecule has 3 aromatic rings. The summed E-state index contributed by atoms with van der Waals surface area (Å²) >= 11 is 5.95. The number of hydrogen-bond donors (Lipinski definition) is 15. The summed E-state index contributed by atoms with van der Waals surface area (Å²) in [4.78, 5) is 52.8. The molecule has 0 saturated carbocycles. The van der Waals surface area contributed by atoms with E-state index in [1.165, 1.54) is 4.90 Å². The molecular weight excluding hydrogens is 1080 g/mol. The first-order chi connectivity index (χ1) is 35.9. The topological polar surface area (TPSA) is 455 Å². The summed E-state index contributed by atoms with van der Waals surface area (Å²) in [6, 6.07) is 5.34. The minimum absolute atomic E-state index is 0.00265. The predicted octanol–water partition coefficient (Wildman–Crippen LogP) is -5.61. The zero-order valence-electron chi connectivity index (χ0n) is 41.2. The molecular formula is C42H64ClF6N9O19. The van der Waals surface area contributed by atoms with Crippen LogP contribution in [-0.2, 0) is 43.4 Å². The van der Waals surface area contributed by atoms with Gasteiger partial charge in [-0.25, -0.2) is 23.9 Å². The van der Waals surface area contributed by atoms with E-state index in [9.17, 15) is 76.8 Å². The molecule has 35 heteroatoms. The Labute approximate surface area is 438 Å². The van der Waals surface area contributed by atoms with Gasteiger partial charge < -0.3 is 102 Å². The molecule has 440 valence electrons. The fourth-order valence-corrected chi connectivity index (χ4v) is 6.61. The van der Waals surface area contributed by atoms with Crippen LogP contribution in [0.15, 0.2) is 18.2 Å². The highest BCUT2D eigenvalue weighted by Crippen LogP contribution is 2.20. The summed E-state index contributed by atoms with van der Waals surface area (Å²) in [5.41, 5.74) is 13.4. The lowest BCUT2D eigenvalue weighted by Gasteiger charge is -2.33. The van der Waals surface area contributed by atoms with Gasteiger partial charge in [-0.15, -0.1) is 0 Å². The zero-order valence-corrected chi connectivity index (χ0v) is 41.9. The number of aliphatic carboxylic acids is 2. The van der Waals surface area contributed by atoms with Crippen molar-refractivity contribution in [2.75, 3.05) is 90.5 Å². The lowest BCUT2D eigenvalue weighted by atomic mass is 10.0. The number of carboxylic acid groups (broad SMARTS) is 2. The van der Waals surface area contributed by atoms with Crippen LogP contribution in [0.1, 0.15) is 40.5 Å². The number of benzene rings is 1. The predicted molar refractivity (Wildman–Crippen MR) is 249 cm³/mol. The Morgan fingerprint density at radius 1 is 0.740 bits per heavy atom. The fraction of sp³-hybridized carbons (Fsp3) is 0.643. The van der Waals surface area contributed by atoms with Crippen molar-refractivity contribution in [2.45, 2.75) is 94.7 Å². The number of nitrogens with two attached hydrogens (primary N) is 2. The monoisotopic (exact) mass is 1150 g/mol. The van der Waals surface area contributed by atoms with Crippen molar-refractivity contribution in [3.8, 4) is 0 Å². The van der Waals surface area contributed by atoms with Gasteiger partial charge in [0.1, 0.15) is 49.1 Å². The summed E-state index contributed by atoms with van der Waals surface area (Å²) in [6.07, 6.45) is -24.8. The molecule has 1 aromatic carbocycles. The molecule has 0 aliphatic carbocycles. The second-order valence-electron chi connectivity index (χ2n) is 16.0. The van der Waals surface area contributed by atoms with E-state index in [2.05, 4.69) is 20.6 Å². The first-order valence-electron chi connectivity index (χ1n) is 22.8. The number of rotatable bonds is 30. The van der Waals surface area contributed by atoms with Crippen molar-refractivity contribution in [1.29, 1.82) is 0 Å². The van der Waals surface area contributed by atoms with Crippen molar-refractivity contribution in [1.82, 2.24) is 30.1 Å². The number of carbonyl (C=O) groups excluding carboxylic acids is 3. The SMILES string of the molecule is CCn1c(CNC(=O)c2nc(Cl)c(N)nc2N)[n+](CC)c2ccc(C(=O)NCCOCCOCCOCCN(CC(O)C(O)C(O)C(O)CO)CC(O)C(O)C(O)C(O)CO)cc21.O=C(O)C(F)(F)F.O=C([O-])C(F)(F)F. The maximum atomic E-state index is 13.1. The molecule has 0 saturated heterocycles. The molecule has 8 atom stereocenters. The molecule has 8 unspecified atom stereocenters. The van der Waals surface area contributed by atoms with Crippen LogP contribution < -0.4 is 31.8 Å². The highest BCUT2D eigenvalue weighted by Gasteiger charge is 2.38. The number of hydrogen-bond acceptors (Lipinski definition) is 23. The number of nitrogens with one attached hydrogen (secondary N) is 2. The number of anilines is 2. The number of halogens is 7. The molecule has 2 aromatic heterocycles. The molecule has 28 nitrogen and oxygen atoms in total. The Morgan fingerprint density at radius 3 is 1.65 bits per heavy atom. The van der Waals surface area contributed by atoms with E-state index in [4.69, 9.17) is 67.3 Å². The van der Waals surface area contributed by atoms with Gasteiger partial charge in [0.2, 0.25) is 0 Å². The Bertz CT molecular complexity index is 2260. The standard InChI is InChI=1S/C38H62ClN9O15.2C2HF3O2/c1-3-47-22-6-5-21(15-23(22)48(4-2)28(47)16-43-38(60)29-35(40)45-36(41)34(39)44-29)37(59)42-7-9-61-11-13-63-14-12-62-10-8-46(17-24(51)30(55)32(57)26(53)19-49)18-25(52)31(56)33(58)27(54)20-50;2*3-2(4,5)1(6)7/h5-6,15,24-27,30-33,49-58H,3-4,7-14,16-20H2,1-2H3,(H5-,40,41,42,43,45,59,60);2*(H,6,7). The summed E-state index contributed by atoms with van der Waals surface area (Å²) in [5, 5.41) is 120. The first-order valence-corrected chi connectivity index (χ1v) is 23.2. The lowest BCUT2D eigenvalue weighted by molar-refractivity contribution is -0.676. The van der Waals surface area contributed by atoms with Gasteiger partial charge in [0.25, 0.3) is 17.6 Å². The second-order valence-corrected chi connectivity index (χ2v) is 16.3. The normalized spacial score (nSPS) is 15.0. The van der Waals surface area contributed by atoms with Crippen LogP contribution in [0.4, 0.5) is 38.0 Å². The van der Waals surface area contributed by atoms with Crippen LogP contribution in [0.25, 0.3) is 11.0 Å². The average molecular weight is 1150 g/mol. The van der Waals surface area contributed by atoms with E-state index in [1.54, 1.807) is 12.1 Å². The number of carboxylic acids is 2. The third kappa shape index (κ3) is 23.2. The van der Waals surface area contributed by atoms with Crippen LogP contribution >= 0.6 is 11.6 Å². The van der Waals surface area contributed by atoms with E-state index in [0.717, 1.165) is 16.9 Å². The summed E-state index contributed by atoms with van der Waals surface area (Å²) in [7, 11) is 0. The van der Waals surface area contributed by atoms with E-state index < -0.39 is 105 Å². The Balaban J connectivity index is 0.00000185. The number of ether oxygens (including phenoxy) is 3. The third-order valence-corrected chi connectivity index (χ3v) is 10.7. The van der Waals surface area contributed by atoms with Crippen LogP contribution in [-0.4, -0.2) is 240 Å². The molecule has 2 heterocycles. The van der Waals surface area contributed by atoms with Crippen LogP contribution in [0.3, 0.4) is 0 Å². The van der Waals surface area contributed by atoms with Crippen LogP contribution in [0, 0.1) is 0 Å². The fourth-order valence-electron chi connectivity index (χ4n) is 6.48. The molecule has 0 fully saturated rings. The van der Waals surface area contributed by atoms with Gasteiger partial charge in [-0.3, -0.25) is 14.5 Å². The van der Waals surface area contributed by atoms with Gasteiger partial charge in [0, 0.05) is 37.8 Å². The minimum Gasteiger partial charge on any atom is -0.542 e. The molecule has 3 rings (SSSR count). The number of nitrogens with zero attached hydrogens (tertiary/aromatic N) is 5. The number of aliphatic hydroxyl groups is 10. The Morgan fingerprint density at radius 2 is 1.21 bits per heavy atom. The van der Waals surface area contributed by atoms with E-state index in [-0.39, 0.29) is 87.7 Å². The van der Waals surface area contributed by atoms with Crippen molar-refractivity contribution in [2.24, 2.45) is 0 Å². The molecule has 0 aliphatic rings. The van der Waals surface area contributed by atoms with Crippen molar-refractivity contribution >= 4 is 58.0 Å². The summed E-state index contributed by atoms with van der Waals surface area (Å²) in [6.45, 7) is 3.68. The first kappa shape index (κ1) is 69.6. The van der Waals surface area contributed by atoms with Crippen LogP contribution in [0.5, 0.6) is 0 Å². The number of aliphatic hydroxyl groups excluding tert-OH is 10. The third-order valence-electron chi connectivity index (χ3n) is 10.4. The van der Waals surface area contributed by atoms with Gasteiger partial charge in [-0.1, -0.05) is 11.6 Å². The molecule has 2 amide bonds. The number of carbonyl (C=O) groups is 4. The van der Waals surface area contributed by atoms with Gasteiger partial charge in [0.05, 0.1) is 78.2 Å². The number of imidazole rings is 1.